The Morgan fingerprint density at radius 3 is 2.68 bits per heavy atom. The van der Waals surface area contributed by atoms with E-state index < -0.39 is 0 Å². The molecule has 3 rings (SSSR count). The predicted octanol–water partition coefficient (Wildman–Crippen LogP) is 2.11. The van der Waals surface area contributed by atoms with Crippen molar-refractivity contribution in [3.63, 3.8) is 0 Å². The van der Waals surface area contributed by atoms with Gasteiger partial charge in [-0.3, -0.25) is 9.59 Å². The zero-order chi connectivity index (χ0) is 17.9. The molecule has 2 saturated heterocycles. The Kier molecular flexibility index (Phi) is 5.64. The van der Waals surface area contributed by atoms with E-state index in [1.165, 1.54) is 0 Å². The molecule has 1 spiro atoms. The van der Waals surface area contributed by atoms with Crippen LogP contribution in [-0.2, 0) is 16.0 Å². The number of aliphatic hydroxyl groups excluding tert-OH is 1. The Morgan fingerprint density at radius 1 is 1.20 bits per heavy atom. The summed E-state index contributed by atoms with van der Waals surface area (Å²) in [7, 11) is 0. The minimum Gasteiger partial charge on any atom is -0.395 e. The molecule has 2 amide bonds. The van der Waals surface area contributed by atoms with Crippen LogP contribution in [0.15, 0.2) is 24.3 Å². The van der Waals surface area contributed by atoms with Crippen LogP contribution in [0.5, 0.6) is 0 Å². The van der Waals surface area contributed by atoms with Crippen molar-refractivity contribution in [1.82, 2.24) is 9.80 Å². The van der Waals surface area contributed by atoms with Crippen molar-refractivity contribution in [3.05, 3.63) is 34.9 Å². The molecule has 6 heteroatoms. The van der Waals surface area contributed by atoms with E-state index in [1.54, 1.807) is 17.0 Å². The number of aliphatic hydroxyl groups is 1. The van der Waals surface area contributed by atoms with Crippen LogP contribution in [0.3, 0.4) is 0 Å². The number of carbonyl (C=O) groups is 2. The summed E-state index contributed by atoms with van der Waals surface area (Å²) in [6.07, 6.45) is 3.73. The van der Waals surface area contributed by atoms with E-state index >= 15 is 0 Å². The number of piperidine rings is 2. The van der Waals surface area contributed by atoms with Crippen LogP contribution in [-0.4, -0.2) is 59.5 Å². The van der Waals surface area contributed by atoms with Crippen LogP contribution in [0.2, 0.25) is 5.02 Å². The summed E-state index contributed by atoms with van der Waals surface area (Å²) in [6.45, 7) is 2.51. The highest BCUT2D eigenvalue weighted by atomic mass is 35.5. The number of benzene rings is 1. The van der Waals surface area contributed by atoms with Gasteiger partial charge < -0.3 is 14.9 Å². The van der Waals surface area contributed by atoms with Crippen molar-refractivity contribution >= 4 is 23.4 Å². The fourth-order valence-corrected chi connectivity index (χ4v) is 4.20. The molecule has 2 aliphatic rings. The fraction of sp³-hybridized carbons (Fsp3) is 0.579. The summed E-state index contributed by atoms with van der Waals surface area (Å²) in [5, 5.41) is 9.85. The Balaban J connectivity index is 1.64. The second kappa shape index (κ2) is 7.75. The highest BCUT2D eigenvalue weighted by Crippen LogP contribution is 2.39. The summed E-state index contributed by atoms with van der Waals surface area (Å²) in [4.78, 5) is 28.5. The first-order valence-electron chi connectivity index (χ1n) is 8.92. The largest absolute Gasteiger partial charge is 0.395 e. The van der Waals surface area contributed by atoms with Crippen LogP contribution in [0.1, 0.15) is 31.2 Å². The number of carbonyl (C=O) groups excluding carboxylic acids is 2. The van der Waals surface area contributed by atoms with Crippen molar-refractivity contribution in [2.75, 3.05) is 32.8 Å². The Bertz CT molecular complexity index is 634. The zero-order valence-electron chi connectivity index (χ0n) is 14.4. The summed E-state index contributed by atoms with van der Waals surface area (Å²) < 4.78 is 0. The molecule has 0 bridgehead atoms. The maximum atomic E-state index is 12.7. The Hall–Kier alpha value is -1.59. The van der Waals surface area contributed by atoms with E-state index in [2.05, 4.69) is 0 Å². The number of nitrogens with zero attached hydrogens (tertiary/aromatic N) is 2. The van der Waals surface area contributed by atoms with Crippen molar-refractivity contribution in [2.45, 2.75) is 32.1 Å². The lowest BCUT2D eigenvalue weighted by Crippen LogP contribution is -2.55. The summed E-state index contributed by atoms with van der Waals surface area (Å²) in [6, 6.07) is 7.40. The van der Waals surface area contributed by atoms with Gasteiger partial charge in [0, 0.05) is 43.0 Å². The molecule has 2 aliphatic heterocycles. The predicted molar refractivity (Wildman–Crippen MR) is 96.3 cm³/mol. The average Bonchev–Trinajstić information content (AvgIpc) is 2.61. The second-order valence-electron chi connectivity index (χ2n) is 7.26. The van der Waals surface area contributed by atoms with E-state index in [1.807, 2.05) is 17.0 Å². The molecule has 25 heavy (non-hydrogen) atoms. The monoisotopic (exact) mass is 364 g/mol. The van der Waals surface area contributed by atoms with Gasteiger partial charge in [-0.25, -0.2) is 0 Å². The lowest BCUT2D eigenvalue weighted by atomic mass is 9.73. The maximum Gasteiger partial charge on any atom is 0.227 e. The first-order chi connectivity index (χ1) is 12.0. The van der Waals surface area contributed by atoms with Gasteiger partial charge in [0.1, 0.15) is 0 Å². The quantitative estimate of drug-likeness (QED) is 0.890. The number of amides is 2. The zero-order valence-corrected chi connectivity index (χ0v) is 15.2. The van der Waals surface area contributed by atoms with Gasteiger partial charge in [-0.15, -0.1) is 0 Å². The van der Waals surface area contributed by atoms with Crippen molar-refractivity contribution in [1.29, 1.82) is 0 Å². The number of likely N-dealkylation sites (tertiary alicyclic amines) is 2. The molecule has 5 nitrogen and oxygen atoms in total. The van der Waals surface area contributed by atoms with Gasteiger partial charge in [-0.2, -0.15) is 0 Å². The topological polar surface area (TPSA) is 60.9 Å². The Labute approximate surface area is 153 Å². The number of rotatable bonds is 4. The summed E-state index contributed by atoms with van der Waals surface area (Å²) in [5.41, 5.74) is 0.950. The van der Waals surface area contributed by atoms with Gasteiger partial charge in [-0.1, -0.05) is 23.7 Å². The van der Waals surface area contributed by atoms with E-state index in [0.29, 0.717) is 37.5 Å². The minimum absolute atomic E-state index is 0.0129. The molecule has 1 aromatic rings. The number of halogens is 1. The number of hydrogen-bond donors (Lipinski definition) is 1. The highest BCUT2D eigenvalue weighted by Gasteiger charge is 2.42. The fourth-order valence-electron chi connectivity index (χ4n) is 4.07. The van der Waals surface area contributed by atoms with Gasteiger partial charge >= 0.3 is 0 Å². The maximum absolute atomic E-state index is 12.7. The molecule has 1 N–H and O–H groups in total. The first-order valence-corrected chi connectivity index (χ1v) is 9.30. The summed E-state index contributed by atoms with van der Waals surface area (Å²) >= 11 is 5.90. The van der Waals surface area contributed by atoms with Crippen LogP contribution >= 0.6 is 11.6 Å². The molecule has 2 heterocycles. The van der Waals surface area contributed by atoms with Gasteiger partial charge in [0.25, 0.3) is 0 Å². The van der Waals surface area contributed by atoms with E-state index in [-0.39, 0.29) is 23.8 Å². The van der Waals surface area contributed by atoms with Crippen LogP contribution in [0.25, 0.3) is 0 Å². The second-order valence-corrected chi connectivity index (χ2v) is 7.70. The highest BCUT2D eigenvalue weighted by molar-refractivity contribution is 6.30. The number of hydrogen-bond acceptors (Lipinski definition) is 3. The third kappa shape index (κ3) is 4.33. The third-order valence-corrected chi connectivity index (χ3v) is 5.65. The van der Waals surface area contributed by atoms with Crippen molar-refractivity contribution < 1.29 is 14.7 Å². The number of β-amino-alcohol motifs (C(OH)–C–C–N with tert-alkyl or cyclic N) is 1. The molecule has 0 radical (unpaired) electrons. The van der Waals surface area contributed by atoms with Crippen LogP contribution in [0, 0.1) is 5.41 Å². The minimum atomic E-state index is -0.0169. The van der Waals surface area contributed by atoms with Crippen LogP contribution < -0.4 is 0 Å². The Morgan fingerprint density at radius 2 is 1.96 bits per heavy atom. The first kappa shape index (κ1) is 18.2. The van der Waals surface area contributed by atoms with Gasteiger partial charge in [-0.05, 0) is 37.0 Å². The lowest BCUT2D eigenvalue weighted by Gasteiger charge is -2.48. The SMILES string of the molecule is O=C1CC[C@]2(CCCN(C(=O)Cc3ccc(Cl)cc3)C2)CN1CCO. The van der Waals surface area contributed by atoms with Crippen molar-refractivity contribution in [2.24, 2.45) is 5.41 Å². The standard InChI is InChI=1S/C19H25ClN2O3/c20-16-4-2-15(3-5-16)12-18(25)21-9-1-7-19(13-21)8-6-17(24)22(14-19)10-11-23/h2-5,23H,1,6-14H2/t19-/m0/s1. The molecule has 0 saturated carbocycles. The molecule has 136 valence electrons. The normalized spacial score (nSPS) is 24.0. The lowest BCUT2D eigenvalue weighted by molar-refractivity contribution is -0.143. The van der Waals surface area contributed by atoms with E-state index in [4.69, 9.17) is 11.6 Å². The van der Waals surface area contributed by atoms with Crippen molar-refractivity contribution in [3.8, 4) is 0 Å². The van der Waals surface area contributed by atoms with E-state index in [0.717, 1.165) is 31.4 Å². The molecule has 1 aromatic carbocycles. The van der Waals surface area contributed by atoms with Gasteiger partial charge in [0.15, 0.2) is 0 Å². The van der Waals surface area contributed by atoms with E-state index in [9.17, 15) is 14.7 Å². The average molecular weight is 365 g/mol. The molecule has 0 unspecified atom stereocenters. The smallest absolute Gasteiger partial charge is 0.227 e. The van der Waals surface area contributed by atoms with Gasteiger partial charge in [0.2, 0.25) is 11.8 Å². The van der Waals surface area contributed by atoms with Gasteiger partial charge in [0.05, 0.1) is 13.0 Å². The summed E-state index contributed by atoms with van der Waals surface area (Å²) in [5.74, 6) is 0.247. The molecular weight excluding hydrogens is 340 g/mol. The third-order valence-electron chi connectivity index (χ3n) is 5.40. The molecule has 1 atom stereocenters. The molecule has 0 aromatic heterocycles. The molecular formula is C19H25ClN2O3. The molecule has 0 aliphatic carbocycles. The molecule has 2 fully saturated rings. The van der Waals surface area contributed by atoms with Crippen LogP contribution in [0.4, 0.5) is 0 Å².